The number of ether oxygens (including phenoxy) is 1. The van der Waals surface area contributed by atoms with E-state index in [0.717, 1.165) is 38.4 Å². The predicted octanol–water partition coefficient (Wildman–Crippen LogP) is 3.48. The van der Waals surface area contributed by atoms with Crippen LogP contribution in [0.5, 0.6) is 0 Å². The maximum Gasteiger partial charge on any atom is 0.0659 e. The SMILES string of the molecule is CCn1c2ccccc2c2cc(/C=N\N3CCOCC3)ccc21. The number of hydrazone groups is 1. The largest absolute Gasteiger partial charge is 0.378 e. The molecule has 1 fully saturated rings. The third-order valence-electron chi connectivity index (χ3n) is 4.47. The molecule has 0 spiro atoms. The number of morpholine rings is 1. The summed E-state index contributed by atoms with van der Waals surface area (Å²) in [7, 11) is 0. The normalized spacial score (nSPS) is 16.0. The van der Waals surface area contributed by atoms with Crippen molar-refractivity contribution < 1.29 is 4.74 Å². The van der Waals surface area contributed by atoms with Crippen LogP contribution in [0.4, 0.5) is 0 Å². The number of nitrogens with zero attached hydrogens (tertiary/aromatic N) is 3. The van der Waals surface area contributed by atoms with E-state index in [1.165, 1.54) is 21.8 Å². The number of aryl methyl sites for hydroxylation is 1. The summed E-state index contributed by atoms with van der Waals surface area (Å²) in [6.07, 6.45) is 1.96. The fraction of sp³-hybridized carbons (Fsp3) is 0.316. The van der Waals surface area contributed by atoms with Gasteiger partial charge in [0.25, 0.3) is 0 Å². The molecule has 1 saturated heterocycles. The molecule has 1 aromatic heterocycles. The van der Waals surface area contributed by atoms with E-state index in [-0.39, 0.29) is 0 Å². The van der Waals surface area contributed by atoms with E-state index in [0.29, 0.717) is 0 Å². The van der Waals surface area contributed by atoms with E-state index < -0.39 is 0 Å². The zero-order valence-corrected chi connectivity index (χ0v) is 13.4. The molecule has 118 valence electrons. The van der Waals surface area contributed by atoms with Crippen LogP contribution < -0.4 is 0 Å². The van der Waals surface area contributed by atoms with Gasteiger partial charge in [-0.2, -0.15) is 5.10 Å². The van der Waals surface area contributed by atoms with Crippen LogP contribution in [0.15, 0.2) is 47.6 Å². The molecule has 4 rings (SSSR count). The zero-order valence-electron chi connectivity index (χ0n) is 13.4. The topological polar surface area (TPSA) is 29.8 Å². The van der Waals surface area contributed by atoms with Crippen LogP contribution in [0.1, 0.15) is 12.5 Å². The van der Waals surface area contributed by atoms with Crippen molar-refractivity contribution in [2.75, 3.05) is 26.3 Å². The smallest absolute Gasteiger partial charge is 0.0659 e. The highest BCUT2D eigenvalue weighted by atomic mass is 16.5. The van der Waals surface area contributed by atoms with E-state index in [9.17, 15) is 0 Å². The fourth-order valence-electron chi connectivity index (χ4n) is 3.31. The molecule has 1 aliphatic rings. The molecule has 2 aromatic carbocycles. The van der Waals surface area contributed by atoms with E-state index in [1.807, 2.05) is 6.21 Å². The fourth-order valence-corrected chi connectivity index (χ4v) is 3.31. The first kappa shape index (κ1) is 14.3. The Kier molecular flexibility index (Phi) is 3.75. The van der Waals surface area contributed by atoms with Gasteiger partial charge in [-0.15, -0.1) is 0 Å². The van der Waals surface area contributed by atoms with Gasteiger partial charge in [-0.3, -0.25) is 5.01 Å². The van der Waals surface area contributed by atoms with Gasteiger partial charge in [0.05, 0.1) is 32.5 Å². The van der Waals surface area contributed by atoms with Gasteiger partial charge in [-0.05, 0) is 30.7 Å². The maximum atomic E-state index is 5.35. The zero-order chi connectivity index (χ0) is 15.6. The number of aromatic nitrogens is 1. The quantitative estimate of drug-likeness (QED) is 0.693. The minimum absolute atomic E-state index is 0.764. The molecule has 0 radical (unpaired) electrons. The molecule has 0 bridgehead atoms. The molecule has 0 atom stereocenters. The Morgan fingerprint density at radius 1 is 1.04 bits per heavy atom. The maximum absolute atomic E-state index is 5.35. The number of hydrogen-bond donors (Lipinski definition) is 0. The first-order chi connectivity index (χ1) is 11.4. The first-order valence-electron chi connectivity index (χ1n) is 8.24. The second-order valence-corrected chi connectivity index (χ2v) is 5.85. The predicted molar refractivity (Wildman–Crippen MR) is 95.1 cm³/mol. The van der Waals surface area contributed by atoms with Crippen molar-refractivity contribution >= 4 is 28.0 Å². The standard InChI is InChI=1S/C19H21N3O/c1-2-22-18-6-4-3-5-16(18)17-13-15(7-8-19(17)22)14-20-21-9-11-23-12-10-21/h3-8,13-14H,2,9-12H2,1H3/b20-14-. The van der Waals surface area contributed by atoms with E-state index in [4.69, 9.17) is 4.74 Å². The molecule has 0 aliphatic carbocycles. The van der Waals surface area contributed by atoms with E-state index in [1.54, 1.807) is 0 Å². The average molecular weight is 307 g/mol. The van der Waals surface area contributed by atoms with Crippen molar-refractivity contribution in [3.8, 4) is 0 Å². The lowest BCUT2D eigenvalue weighted by atomic mass is 10.1. The summed E-state index contributed by atoms with van der Waals surface area (Å²) in [6, 6.07) is 15.2. The minimum Gasteiger partial charge on any atom is -0.378 e. The minimum atomic E-state index is 0.764. The molecule has 2 heterocycles. The van der Waals surface area contributed by atoms with Gasteiger partial charge in [-0.25, -0.2) is 0 Å². The third-order valence-corrected chi connectivity index (χ3v) is 4.47. The van der Waals surface area contributed by atoms with Crippen molar-refractivity contribution in [3.63, 3.8) is 0 Å². The molecular weight excluding hydrogens is 286 g/mol. The summed E-state index contributed by atoms with van der Waals surface area (Å²) < 4.78 is 7.72. The highest BCUT2D eigenvalue weighted by Crippen LogP contribution is 2.29. The number of hydrogen-bond acceptors (Lipinski definition) is 3. The van der Waals surface area contributed by atoms with Gasteiger partial charge in [0.15, 0.2) is 0 Å². The molecule has 0 N–H and O–H groups in total. The Hall–Kier alpha value is -2.33. The number of rotatable bonds is 3. The van der Waals surface area contributed by atoms with Crippen LogP contribution in [0, 0.1) is 0 Å². The second kappa shape index (κ2) is 6.05. The van der Waals surface area contributed by atoms with Crippen molar-refractivity contribution in [2.24, 2.45) is 5.10 Å². The van der Waals surface area contributed by atoms with E-state index in [2.05, 4.69) is 64.1 Å². The Morgan fingerprint density at radius 2 is 1.83 bits per heavy atom. The van der Waals surface area contributed by atoms with Crippen molar-refractivity contribution in [2.45, 2.75) is 13.5 Å². The van der Waals surface area contributed by atoms with Gasteiger partial charge >= 0.3 is 0 Å². The van der Waals surface area contributed by atoms with Crippen LogP contribution >= 0.6 is 0 Å². The number of fused-ring (bicyclic) bond motifs is 3. The molecule has 0 unspecified atom stereocenters. The summed E-state index contributed by atoms with van der Waals surface area (Å²) >= 11 is 0. The van der Waals surface area contributed by atoms with Crippen LogP contribution in [-0.4, -0.2) is 42.1 Å². The third kappa shape index (κ3) is 2.59. The number of para-hydroxylation sites is 1. The van der Waals surface area contributed by atoms with Crippen LogP contribution in [-0.2, 0) is 11.3 Å². The summed E-state index contributed by atoms with van der Waals surface area (Å²) in [6.45, 7) is 6.44. The lowest BCUT2D eigenvalue weighted by molar-refractivity contribution is 0.0397. The van der Waals surface area contributed by atoms with Gasteiger partial charge in [-0.1, -0.05) is 24.3 Å². The van der Waals surface area contributed by atoms with Gasteiger partial charge < -0.3 is 9.30 Å². The summed E-state index contributed by atoms with van der Waals surface area (Å²) in [5, 5.41) is 9.27. The highest BCUT2D eigenvalue weighted by Gasteiger charge is 2.10. The van der Waals surface area contributed by atoms with Crippen molar-refractivity contribution in [1.29, 1.82) is 0 Å². The Morgan fingerprint density at radius 3 is 2.65 bits per heavy atom. The Labute approximate surface area is 136 Å². The summed E-state index contributed by atoms with van der Waals surface area (Å²) in [4.78, 5) is 0. The molecule has 23 heavy (non-hydrogen) atoms. The highest BCUT2D eigenvalue weighted by molar-refractivity contribution is 6.09. The van der Waals surface area contributed by atoms with Gasteiger partial charge in [0, 0.05) is 28.4 Å². The first-order valence-corrected chi connectivity index (χ1v) is 8.24. The van der Waals surface area contributed by atoms with E-state index >= 15 is 0 Å². The summed E-state index contributed by atoms with van der Waals surface area (Å²) in [5.41, 5.74) is 3.73. The second-order valence-electron chi connectivity index (χ2n) is 5.85. The molecule has 4 nitrogen and oxygen atoms in total. The molecule has 3 aromatic rings. The average Bonchev–Trinajstić information content (AvgIpc) is 2.94. The van der Waals surface area contributed by atoms with Crippen LogP contribution in [0.2, 0.25) is 0 Å². The van der Waals surface area contributed by atoms with Gasteiger partial charge in [0.1, 0.15) is 0 Å². The molecule has 1 aliphatic heterocycles. The van der Waals surface area contributed by atoms with Crippen LogP contribution in [0.25, 0.3) is 21.8 Å². The van der Waals surface area contributed by atoms with Crippen LogP contribution in [0.3, 0.4) is 0 Å². The molecule has 0 saturated carbocycles. The lowest BCUT2D eigenvalue weighted by Gasteiger charge is -2.23. The number of benzene rings is 2. The Bertz CT molecular complexity index is 860. The summed E-state index contributed by atoms with van der Waals surface area (Å²) in [5.74, 6) is 0. The van der Waals surface area contributed by atoms with Crippen molar-refractivity contribution in [3.05, 3.63) is 48.0 Å². The molecule has 0 amide bonds. The molecule has 4 heteroatoms. The van der Waals surface area contributed by atoms with Gasteiger partial charge in [0.2, 0.25) is 0 Å². The lowest BCUT2D eigenvalue weighted by Crippen LogP contribution is -2.32. The van der Waals surface area contributed by atoms with Crippen molar-refractivity contribution in [1.82, 2.24) is 9.58 Å². The molecular formula is C19H21N3O. The monoisotopic (exact) mass is 307 g/mol. The Balaban J connectivity index is 1.75.